The Morgan fingerprint density at radius 1 is 1.25 bits per heavy atom. The van der Waals surface area contributed by atoms with Crippen molar-refractivity contribution in [2.45, 2.75) is 13.3 Å². The summed E-state index contributed by atoms with van der Waals surface area (Å²) >= 11 is 0. The smallest absolute Gasteiger partial charge is 0.123 e. The van der Waals surface area contributed by atoms with Crippen LogP contribution in [0.25, 0.3) is 10.8 Å². The SMILES string of the molecule is CC1CC1CN(C)c1ccc(C(=N)N)c2ccccc12. The first-order valence-electron chi connectivity index (χ1n) is 7.15. The van der Waals surface area contributed by atoms with Crippen LogP contribution in [0.3, 0.4) is 0 Å². The van der Waals surface area contributed by atoms with Crippen LogP contribution in [0.5, 0.6) is 0 Å². The Morgan fingerprint density at radius 2 is 1.90 bits per heavy atom. The highest BCUT2D eigenvalue weighted by atomic mass is 15.1. The summed E-state index contributed by atoms with van der Waals surface area (Å²) in [6.45, 7) is 3.42. The molecule has 1 aliphatic rings. The van der Waals surface area contributed by atoms with E-state index in [2.05, 4.69) is 31.0 Å². The van der Waals surface area contributed by atoms with Gasteiger partial charge < -0.3 is 10.6 Å². The minimum atomic E-state index is 0.131. The molecule has 0 heterocycles. The number of amidine groups is 1. The maximum absolute atomic E-state index is 7.71. The number of rotatable bonds is 4. The van der Waals surface area contributed by atoms with E-state index in [1.165, 1.54) is 17.5 Å². The second kappa shape index (κ2) is 4.82. The number of anilines is 1. The van der Waals surface area contributed by atoms with E-state index in [1.54, 1.807) is 0 Å². The molecule has 0 aliphatic heterocycles. The molecule has 0 spiro atoms. The number of hydrogen-bond acceptors (Lipinski definition) is 2. The van der Waals surface area contributed by atoms with E-state index in [9.17, 15) is 0 Å². The Balaban J connectivity index is 2.03. The minimum absolute atomic E-state index is 0.131. The van der Waals surface area contributed by atoms with Gasteiger partial charge in [-0.3, -0.25) is 5.41 Å². The summed E-state index contributed by atoms with van der Waals surface area (Å²) in [5, 5.41) is 9.95. The molecule has 3 heteroatoms. The highest BCUT2D eigenvalue weighted by Crippen LogP contribution is 2.39. The number of benzene rings is 2. The molecule has 0 aromatic heterocycles. The Morgan fingerprint density at radius 3 is 2.50 bits per heavy atom. The molecule has 2 atom stereocenters. The van der Waals surface area contributed by atoms with Crippen LogP contribution in [-0.4, -0.2) is 19.4 Å². The van der Waals surface area contributed by atoms with Crippen molar-refractivity contribution in [3.63, 3.8) is 0 Å². The average molecular weight is 267 g/mol. The van der Waals surface area contributed by atoms with Gasteiger partial charge in [0.25, 0.3) is 0 Å². The van der Waals surface area contributed by atoms with Crippen LogP contribution >= 0.6 is 0 Å². The molecule has 2 aromatic carbocycles. The third kappa shape index (κ3) is 2.24. The van der Waals surface area contributed by atoms with Crippen molar-refractivity contribution in [3.8, 4) is 0 Å². The standard InChI is InChI=1S/C17H21N3/c1-11-9-12(11)10-20(2)16-8-7-15(17(18)19)13-5-3-4-6-14(13)16/h3-8,11-12H,9-10H2,1-2H3,(H3,18,19). The number of fused-ring (bicyclic) bond motifs is 1. The quantitative estimate of drug-likeness (QED) is 0.660. The fourth-order valence-corrected chi connectivity index (χ4v) is 2.95. The molecular weight excluding hydrogens is 246 g/mol. The predicted octanol–water partition coefficient (Wildman–Crippen LogP) is 3.22. The molecule has 3 rings (SSSR count). The molecule has 1 fully saturated rings. The van der Waals surface area contributed by atoms with Crippen LogP contribution in [0.4, 0.5) is 5.69 Å². The van der Waals surface area contributed by atoms with E-state index < -0.39 is 0 Å². The van der Waals surface area contributed by atoms with Crippen LogP contribution in [0.2, 0.25) is 0 Å². The van der Waals surface area contributed by atoms with Crippen molar-refractivity contribution in [1.29, 1.82) is 5.41 Å². The van der Waals surface area contributed by atoms with E-state index in [1.807, 2.05) is 24.3 Å². The number of nitrogens with two attached hydrogens (primary N) is 1. The monoisotopic (exact) mass is 267 g/mol. The second-order valence-corrected chi connectivity index (χ2v) is 5.95. The summed E-state index contributed by atoms with van der Waals surface area (Å²) in [6.07, 6.45) is 1.34. The van der Waals surface area contributed by atoms with Crippen molar-refractivity contribution >= 4 is 22.3 Å². The van der Waals surface area contributed by atoms with Crippen molar-refractivity contribution in [2.24, 2.45) is 17.6 Å². The van der Waals surface area contributed by atoms with Crippen LogP contribution in [0.1, 0.15) is 18.9 Å². The molecule has 0 bridgehead atoms. The van der Waals surface area contributed by atoms with Crippen LogP contribution in [-0.2, 0) is 0 Å². The number of nitrogens with zero attached hydrogens (tertiary/aromatic N) is 1. The van der Waals surface area contributed by atoms with Gasteiger partial charge in [-0.25, -0.2) is 0 Å². The third-order valence-corrected chi connectivity index (χ3v) is 4.39. The predicted molar refractivity (Wildman–Crippen MR) is 85.5 cm³/mol. The summed E-state index contributed by atoms with van der Waals surface area (Å²) in [5.74, 6) is 1.82. The van der Waals surface area contributed by atoms with Gasteiger partial charge in [0.15, 0.2) is 0 Å². The zero-order valence-corrected chi connectivity index (χ0v) is 12.1. The lowest BCUT2D eigenvalue weighted by Gasteiger charge is -2.22. The summed E-state index contributed by atoms with van der Waals surface area (Å²) in [7, 11) is 2.15. The average Bonchev–Trinajstić information content (AvgIpc) is 3.12. The normalized spacial score (nSPS) is 20.9. The van der Waals surface area contributed by atoms with Gasteiger partial charge >= 0.3 is 0 Å². The van der Waals surface area contributed by atoms with Gasteiger partial charge in [-0.2, -0.15) is 0 Å². The Kier molecular flexibility index (Phi) is 3.13. The fourth-order valence-electron chi connectivity index (χ4n) is 2.95. The van der Waals surface area contributed by atoms with Gasteiger partial charge in [0.05, 0.1) is 0 Å². The number of nitrogens with one attached hydrogen (secondary N) is 1. The van der Waals surface area contributed by atoms with E-state index in [4.69, 9.17) is 11.1 Å². The van der Waals surface area contributed by atoms with Crippen molar-refractivity contribution in [2.75, 3.05) is 18.5 Å². The fraction of sp³-hybridized carbons (Fsp3) is 0.353. The topological polar surface area (TPSA) is 53.1 Å². The van der Waals surface area contributed by atoms with E-state index in [-0.39, 0.29) is 5.84 Å². The van der Waals surface area contributed by atoms with E-state index in [0.717, 1.165) is 29.3 Å². The zero-order chi connectivity index (χ0) is 14.3. The first kappa shape index (κ1) is 13.0. The lowest BCUT2D eigenvalue weighted by molar-refractivity contribution is 0.727. The summed E-state index contributed by atoms with van der Waals surface area (Å²) in [5.41, 5.74) is 7.73. The first-order chi connectivity index (χ1) is 9.58. The molecule has 2 aromatic rings. The number of hydrogen-bond donors (Lipinski definition) is 2. The van der Waals surface area contributed by atoms with Gasteiger partial charge in [-0.05, 0) is 35.8 Å². The molecule has 2 unspecified atom stereocenters. The van der Waals surface area contributed by atoms with Gasteiger partial charge in [-0.1, -0.05) is 31.2 Å². The highest BCUT2D eigenvalue weighted by molar-refractivity contribution is 6.10. The van der Waals surface area contributed by atoms with E-state index in [0.29, 0.717) is 0 Å². The Labute approximate surface area is 119 Å². The van der Waals surface area contributed by atoms with Crippen molar-refractivity contribution in [1.82, 2.24) is 0 Å². The molecule has 0 saturated heterocycles. The van der Waals surface area contributed by atoms with Gasteiger partial charge in [0, 0.05) is 30.2 Å². The highest BCUT2D eigenvalue weighted by Gasteiger charge is 2.33. The number of nitrogen functional groups attached to an aromatic ring is 1. The molecule has 20 heavy (non-hydrogen) atoms. The van der Waals surface area contributed by atoms with Gasteiger partial charge in [-0.15, -0.1) is 0 Å². The van der Waals surface area contributed by atoms with Crippen LogP contribution in [0.15, 0.2) is 36.4 Å². The van der Waals surface area contributed by atoms with Crippen LogP contribution in [0, 0.1) is 17.2 Å². The molecule has 104 valence electrons. The van der Waals surface area contributed by atoms with Gasteiger partial charge in [0.1, 0.15) is 5.84 Å². The molecular formula is C17H21N3. The third-order valence-electron chi connectivity index (χ3n) is 4.39. The Bertz CT molecular complexity index is 662. The first-order valence-corrected chi connectivity index (χ1v) is 7.15. The molecule has 0 amide bonds. The maximum Gasteiger partial charge on any atom is 0.123 e. The molecule has 3 N–H and O–H groups in total. The lowest BCUT2D eigenvalue weighted by atomic mass is 10.0. The lowest BCUT2D eigenvalue weighted by Crippen LogP contribution is -2.21. The van der Waals surface area contributed by atoms with Crippen LogP contribution < -0.4 is 10.6 Å². The molecule has 1 saturated carbocycles. The Hall–Kier alpha value is -2.03. The summed E-state index contributed by atoms with van der Waals surface area (Å²) in [4.78, 5) is 2.33. The van der Waals surface area contributed by atoms with Gasteiger partial charge in [0.2, 0.25) is 0 Å². The molecule has 3 nitrogen and oxygen atoms in total. The molecule has 1 aliphatic carbocycles. The summed E-state index contributed by atoms with van der Waals surface area (Å²) < 4.78 is 0. The minimum Gasteiger partial charge on any atom is -0.384 e. The summed E-state index contributed by atoms with van der Waals surface area (Å²) in [6, 6.07) is 12.3. The largest absolute Gasteiger partial charge is 0.384 e. The second-order valence-electron chi connectivity index (χ2n) is 5.95. The van der Waals surface area contributed by atoms with Crippen molar-refractivity contribution < 1.29 is 0 Å². The zero-order valence-electron chi connectivity index (χ0n) is 12.1. The molecule has 0 radical (unpaired) electrons. The van der Waals surface area contributed by atoms with Crippen molar-refractivity contribution in [3.05, 3.63) is 42.0 Å². The maximum atomic E-state index is 7.71. The van der Waals surface area contributed by atoms with E-state index >= 15 is 0 Å².